The molecule has 2 aromatic heterocycles. The van der Waals surface area contributed by atoms with Gasteiger partial charge in [-0.1, -0.05) is 30.3 Å². The number of fused-ring (bicyclic) bond motifs is 2. The van der Waals surface area contributed by atoms with Gasteiger partial charge in [0.15, 0.2) is 0 Å². The third kappa shape index (κ3) is 7.58. The normalized spacial score (nSPS) is 23.1. The van der Waals surface area contributed by atoms with E-state index in [-0.39, 0.29) is 36.9 Å². The lowest BCUT2D eigenvalue weighted by Gasteiger charge is -2.42. The van der Waals surface area contributed by atoms with Gasteiger partial charge in [0.2, 0.25) is 0 Å². The summed E-state index contributed by atoms with van der Waals surface area (Å²) in [6, 6.07) is 16.6. The van der Waals surface area contributed by atoms with Crippen LogP contribution in [0.3, 0.4) is 0 Å². The van der Waals surface area contributed by atoms with Crippen molar-refractivity contribution in [3.8, 4) is 12.1 Å². The molecule has 1 aliphatic carbocycles. The number of amides is 1. The van der Waals surface area contributed by atoms with Crippen molar-refractivity contribution in [3.05, 3.63) is 76.6 Å². The van der Waals surface area contributed by atoms with Crippen LogP contribution in [0.2, 0.25) is 0 Å². The van der Waals surface area contributed by atoms with Gasteiger partial charge in [0.05, 0.1) is 47.9 Å². The molecule has 4 aliphatic heterocycles. The molecule has 13 nitrogen and oxygen atoms in total. The summed E-state index contributed by atoms with van der Waals surface area (Å²) in [4.78, 5) is 32.8. The second kappa shape index (κ2) is 16.4. The number of nitrogens with zero attached hydrogens (tertiary/aromatic N) is 8. The maximum Gasteiger partial charge on any atom is 0.410 e. The standard InChI is InChI=1S/C45H56N8O5/c1-31-25-39-37(15-21-53(39)40-11-7-8-24-56-40)41(32(31)2)49-19-14-36-38(28-49)47-43(58-30-45(16-17-45)51-20-13-35(27-51)55-3)48-42(36)50-22-23-52(34(26-50)12-18-46)44(54)57-29-33-9-5-4-6-10-33/h4-6,9-10,15,21,25,34-35,40H,7-8,11-14,16-17,19-20,22-24,26-30H2,1-3H3/t34-,35?,40?/m0/s1. The van der Waals surface area contributed by atoms with E-state index in [1.165, 1.54) is 34.1 Å². The third-order valence-corrected chi connectivity index (χ3v) is 13.3. The monoisotopic (exact) mass is 788 g/mol. The Morgan fingerprint density at radius 2 is 1.88 bits per heavy atom. The first-order chi connectivity index (χ1) is 28.3. The molecule has 13 heteroatoms. The molecule has 6 heterocycles. The van der Waals surface area contributed by atoms with Crippen molar-refractivity contribution in [2.45, 2.75) is 102 Å². The van der Waals surface area contributed by atoms with Gasteiger partial charge in [0, 0.05) is 75.8 Å². The molecular weight excluding hydrogens is 733 g/mol. The Morgan fingerprint density at radius 3 is 2.64 bits per heavy atom. The van der Waals surface area contributed by atoms with Gasteiger partial charge in [-0.15, -0.1) is 0 Å². The number of hydrogen-bond donors (Lipinski definition) is 0. The molecule has 0 bridgehead atoms. The van der Waals surface area contributed by atoms with Crippen LogP contribution >= 0.6 is 0 Å². The maximum absolute atomic E-state index is 13.4. The van der Waals surface area contributed by atoms with Crippen LogP contribution in [-0.4, -0.2) is 108 Å². The molecule has 3 atom stereocenters. The smallest absolute Gasteiger partial charge is 0.410 e. The van der Waals surface area contributed by atoms with Crippen molar-refractivity contribution >= 4 is 28.5 Å². The Hall–Kier alpha value is -4.90. The molecule has 58 heavy (non-hydrogen) atoms. The third-order valence-electron chi connectivity index (χ3n) is 13.3. The largest absolute Gasteiger partial charge is 0.461 e. The van der Waals surface area contributed by atoms with Gasteiger partial charge in [-0.25, -0.2) is 4.79 Å². The summed E-state index contributed by atoms with van der Waals surface area (Å²) in [5.41, 5.74) is 7.96. The Labute approximate surface area is 341 Å². The minimum Gasteiger partial charge on any atom is -0.461 e. The number of rotatable bonds is 11. The van der Waals surface area contributed by atoms with Crippen molar-refractivity contribution < 1.29 is 23.7 Å². The minimum atomic E-state index is -0.399. The van der Waals surface area contributed by atoms with Crippen molar-refractivity contribution in [2.24, 2.45) is 0 Å². The molecule has 5 aliphatic rings. The lowest BCUT2D eigenvalue weighted by molar-refractivity contribution is -0.0291. The van der Waals surface area contributed by atoms with Crippen LogP contribution in [0, 0.1) is 25.2 Å². The first kappa shape index (κ1) is 38.6. The zero-order valence-electron chi connectivity index (χ0n) is 34.2. The summed E-state index contributed by atoms with van der Waals surface area (Å²) >= 11 is 0. The molecule has 4 fully saturated rings. The summed E-state index contributed by atoms with van der Waals surface area (Å²) in [5.74, 6) is 0.845. The molecule has 2 unspecified atom stereocenters. The van der Waals surface area contributed by atoms with Crippen molar-refractivity contribution in [3.63, 3.8) is 0 Å². The van der Waals surface area contributed by atoms with E-state index >= 15 is 0 Å². The Bertz CT molecular complexity index is 2160. The molecule has 9 rings (SSSR count). The van der Waals surface area contributed by atoms with Crippen LogP contribution in [0.5, 0.6) is 6.01 Å². The van der Waals surface area contributed by atoms with Crippen molar-refractivity contribution in [1.29, 1.82) is 5.26 Å². The summed E-state index contributed by atoms with van der Waals surface area (Å²) in [6.07, 6.45) is 9.58. The highest BCUT2D eigenvalue weighted by atomic mass is 16.6. The first-order valence-corrected chi connectivity index (χ1v) is 21.2. The highest BCUT2D eigenvalue weighted by Crippen LogP contribution is 2.45. The van der Waals surface area contributed by atoms with Gasteiger partial charge in [-0.05, 0) is 87.6 Å². The number of likely N-dealkylation sites (tertiary alicyclic amines) is 1. The van der Waals surface area contributed by atoms with E-state index in [1.807, 2.05) is 30.3 Å². The molecule has 0 spiro atoms. The van der Waals surface area contributed by atoms with E-state index in [0.29, 0.717) is 38.8 Å². The number of methoxy groups -OCH3 is 1. The molecule has 0 N–H and O–H groups in total. The summed E-state index contributed by atoms with van der Waals surface area (Å²) in [7, 11) is 1.80. The number of hydrogen-bond acceptors (Lipinski definition) is 11. The second-order valence-corrected chi connectivity index (χ2v) is 16.9. The molecular formula is C45H56N8O5. The Balaban J connectivity index is 1.01. The molecule has 0 radical (unpaired) electrons. The van der Waals surface area contributed by atoms with E-state index in [0.717, 1.165) is 87.4 Å². The number of anilines is 2. The van der Waals surface area contributed by atoms with Crippen molar-refractivity contribution in [1.82, 2.24) is 24.3 Å². The van der Waals surface area contributed by atoms with Gasteiger partial charge in [-0.2, -0.15) is 15.2 Å². The molecule has 1 amide bonds. The van der Waals surface area contributed by atoms with Crippen LogP contribution in [0.4, 0.5) is 16.3 Å². The van der Waals surface area contributed by atoms with Crippen LogP contribution in [0.15, 0.2) is 48.7 Å². The van der Waals surface area contributed by atoms with Crippen LogP contribution in [-0.2, 0) is 33.8 Å². The fourth-order valence-corrected chi connectivity index (χ4v) is 9.64. The number of carbonyl (C=O) groups excluding carboxylic acids is 1. The molecule has 3 saturated heterocycles. The predicted octanol–water partition coefficient (Wildman–Crippen LogP) is 6.68. The minimum absolute atomic E-state index is 0.0120. The first-order valence-electron chi connectivity index (χ1n) is 21.2. The van der Waals surface area contributed by atoms with Crippen LogP contribution in [0.25, 0.3) is 10.9 Å². The fourth-order valence-electron chi connectivity index (χ4n) is 9.64. The zero-order valence-corrected chi connectivity index (χ0v) is 34.2. The summed E-state index contributed by atoms with van der Waals surface area (Å²) in [5, 5.41) is 11.1. The molecule has 306 valence electrons. The zero-order chi connectivity index (χ0) is 39.8. The molecule has 4 aromatic rings. The van der Waals surface area contributed by atoms with Crippen LogP contribution in [0.1, 0.15) is 79.1 Å². The quantitative estimate of drug-likeness (QED) is 0.162. The fraction of sp³-hybridized carbons (Fsp3) is 0.556. The van der Waals surface area contributed by atoms with Gasteiger partial charge in [0.1, 0.15) is 25.3 Å². The summed E-state index contributed by atoms with van der Waals surface area (Å²) in [6.45, 7) is 10.7. The number of aryl methyl sites for hydroxylation is 1. The lowest BCUT2D eigenvalue weighted by atomic mass is 9.98. The molecule has 2 aromatic carbocycles. The van der Waals surface area contributed by atoms with Gasteiger partial charge in [-0.3, -0.25) is 4.90 Å². The van der Waals surface area contributed by atoms with E-state index in [2.05, 4.69) is 57.5 Å². The van der Waals surface area contributed by atoms with E-state index in [4.69, 9.17) is 28.9 Å². The molecule has 1 saturated carbocycles. The predicted molar refractivity (Wildman–Crippen MR) is 221 cm³/mol. The average molecular weight is 789 g/mol. The topological polar surface area (TPSA) is 121 Å². The van der Waals surface area contributed by atoms with Gasteiger partial charge >= 0.3 is 12.1 Å². The van der Waals surface area contributed by atoms with Crippen LogP contribution < -0.4 is 14.5 Å². The number of aromatic nitrogens is 3. The van der Waals surface area contributed by atoms with Gasteiger partial charge < -0.3 is 38.2 Å². The van der Waals surface area contributed by atoms with E-state index in [1.54, 1.807) is 12.0 Å². The Morgan fingerprint density at radius 1 is 1.02 bits per heavy atom. The number of benzene rings is 2. The second-order valence-electron chi connectivity index (χ2n) is 16.9. The lowest BCUT2D eigenvalue weighted by Crippen LogP contribution is -2.55. The maximum atomic E-state index is 13.4. The highest BCUT2D eigenvalue weighted by molar-refractivity contribution is 5.96. The number of ether oxygens (including phenoxy) is 4. The highest BCUT2D eigenvalue weighted by Gasteiger charge is 2.51. The number of nitriles is 1. The van der Waals surface area contributed by atoms with Crippen molar-refractivity contribution in [2.75, 3.05) is 69.4 Å². The van der Waals surface area contributed by atoms with Gasteiger partial charge in [0.25, 0.3) is 0 Å². The number of carbonyl (C=O) groups is 1. The summed E-state index contributed by atoms with van der Waals surface area (Å²) < 4.78 is 26.7. The number of piperazine rings is 1. The Kier molecular flexibility index (Phi) is 10.9. The van der Waals surface area contributed by atoms with E-state index in [9.17, 15) is 10.1 Å². The average Bonchev–Trinajstić information content (AvgIpc) is 3.68. The van der Waals surface area contributed by atoms with E-state index < -0.39 is 6.09 Å². The SMILES string of the molecule is COC1CCN(C2(COc3nc4c(c(N5CCN(C(=O)OCc6ccccc6)[C@@H](CC#N)C5)n3)CCN(c3c(C)c(C)cc5c3ccn5C3CCCCO3)C4)CC2)C1.